The molecule has 1 N–H and O–H groups in total. The van der Waals surface area contributed by atoms with Crippen LogP contribution in [0.3, 0.4) is 0 Å². The first-order valence-electron chi connectivity index (χ1n) is 10.8. The highest BCUT2D eigenvalue weighted by Crippen LogP contribution is 2.10. The van der Waals surface area contributed by atoms with Crippen LogP contribution < -0.4 is 0 Å². The van der Waals surface area contributed by atoms with Crippen molar-refractivity contribution in [3.8, 4) is 0 Å². The van der Waals surface area contributed by atoms with Crippen LogP contribution in [0.25, 0.3) is 0 Å². The average Bonchev–Trinajstić information content (AvgIpc) is 2.63. The van der Waals surface area contributed by atoms with Crippen LogP contribution in [0.5, 0.6) is 0 Å². The number of aliphatic hydroxyl groups is 1. The van der Waals surface area contributed by atoms with E-state index in [1.165, 1.54) is 70.6 Å². The van der Waals surface area contributed by atoms with Gasteiger partial charge >= 0.3 is 5.97 Å². The molecule has 0 aromatic heterocycles. The molecular formula is C22H42O4. The number of ether oxygens (including phenoxy) is 2. The monoisotopic (exact) mass is 370 g/mol. The van der Waals surface area contributed by atoms with Crippen LogP contribution in [0.1, 0.15) is 104 Å². The number of esters is 1. The molecule has 4 heteroatoms. The quantitative estimate of drug-likeness (QED) is 0.133. The van der Waals surface area contributed by atoms with Crippen LogP contribution in [-0.2, 0) is 14.3 Å². The maximum atomic E-state index is 11.6. The van der Waals surface area contributed by atoms with E-state index in [0.717, 1.165) is 12.8 Å². The second kappa shape index (κ2) is 20.4. The molecule has 26 heavy (non-hydrogen) atoms. The van der Waals surface area contributed by atoms with Crippen LogP contribution in [0.4, 0.5) is 0 Å². The zero-order valence-electron chi connectivity index (χ0n) is 17.2. The summed E-state index contributed by atoms with van der Waals surface area (Å²) in [5.74, 6) is -0.215. The molecule has 0 spiro atoms. The molecule has 0 aromatic rings. The first-order valence-corrected chi connectivity index (χ1v) is 10.8. The summed E-state index contributed by atoms with van der Waals surface area (Å²) in [5, 5.41) is 8.63. The number of carbonyl (C=O) groups is 1. The molecule has 0 aliphatic carbocycles. The van der Waals surface area contributed by atoms with Gasteiger partial charge in [0.1, 0.15) is 0 Å². The predicted octanol–water partition coefficient (Wildman–Crippen LogP) is 5.92. The molecule has 0 heterocycles. The zero-order valence-corrected chi connectivity index (χ0v) is 17.2. The minimum Gasteiger partial charge on any atom is -0.436 e. The number of aliphatic hydroxyl groups excluding tert-OH is 1. The highest BCUT2D eigenvalue weighted by Gasteiger charge is 2.08. The topological polar surface area (TPSA) is 55.8 Å². The van der Waals surface area contributed by atoms with Gasteiger partial charge in [0.15, 0.2) is 6.29 Å². The van der Waals surface area contributed by atoms with Gasteiger partial charge in [-0.05, 0) is 39.0 Å². The van der Waals surface area contributed by atoms with Gasteiger partial charge in [-0.15, -0.1) is 0 Å². The van der Waals surface area contributed by atoms with Gasteiger partial charge in [0.05, 0.1) is 13.2 Å². The molecule has 154 valence electrons. The Hall–Kier alpha value is -0.870. The van der Waals surface area contributed by atoms with Gasteiger partial charge in [0.25, 0.3) is 0 Å². The molecule has 0 saturated carbocycles. The zero-order chi connectivity index (χ0) is 19.3. The summed E-state index contributed by atoms with van der Waals surface area (Å²) in [6, 6.07) is 0. The lowest BCUT2D eigenvalue weighted by molar-refractivity contribution is -0.176. The van der Waals surface area contributed by atoms with Crippen LogP contribution >= 0.6 is 0 Å². The van der Waals surface area contributed by atoms with Gasteiger partial charge in [-0.1, -0.05) is 70.4 Å². The maximum absolute atomic E-state index is 11.6. The molecule has 0 amide bonds. The number of unbranched alkanes of at least 4 members (excludes halogenated alkanes) is 11. The third-order valence-corrected chi connectivity index (χ3v) is 4.38. The van der Waals surface area contributed by atoms with Crippen LogP contribution in [0, 0.1) is 0 Å². The van der Waals surface area contributed by atoms with Crippen molar-refractivity contribution in [3.63, 3.8) is 0 Å². The fourth-order valence-corrected chi connectivity index (χ4v) is 2.84. The molecule has 4 nitrogen and oxygen atoms in total. The normalized spacial score (nSPS) is 12.6. The minimum atomic E-state index is -0.572. The van der Waals surface area contributed by atoms with Crippen LogP contribution in [0.15, 0.2) is 12.2 Å². The van der Waals surface area contributed by atoms with Crippen molar-refractivity contribution in [2.24, 2.45) is 0 Å². The van der Waals surface area contributed by atoms with Gasteiger partial charge in [0, 0.05) is 6.42 Å². The summed E-state index contributed by atoms with van der Waals surface area (Å²) in [6.07, 6.45) is 20.8. The summed E-state index contributed by atoms with van der Waals surface area (Å²) < 4.78 is 10.2. The number of allylic oxidation sites excluding steroid dienone is 2. The number of hydrogen-bond acceptors (Lipinski definition) is 4. The Morgan fingerprint density at radius 2 is 1.42 bits per heavy atom. The predicted molar refractivity (Wildman–Crippen MR) is 108 cm³/mol. The first kappa shape index (κ1) is 25.1. The largest absolute Gasteiger partial charge is 0.436 e. The van der Waals surface area contributed by atoms with Crippen molar-refractivity contribution in [2.45, 2.75) is 110 Å². The molecule has 0 aliphatic rings. The molecule has 0 bridgehead atoms. The SMILES string of the molecule is CCCCCCCCC=CCCCCCCCC(=O)OC(C)OCCO. The Kier molecular flexibility index (Phi) is 19.8. The summed E-state index contributed by atoms with van der Waals surface area (Å²) in [7, 11) is 0. The van der Waals surface area contributed by atoms with Gasteiger partial charge in [0.2, 0.25) is 0 Å². The lowest BCUT2D eigenvalue weighted by Crippen LogP contribution is -2.19. The lowest BCUT2D eigenvalue weighted by Gasteiger charge is -2.13. The molecule has 1 atom stereocenters. The van der Waals surface area contributed by atoms with Crippen LogP contribution in [-0.4, -0.2) is 30.6 Å². The van der Waals surface area contributed by atoms with Gasteiger partial charge in [-0.3, -0.25) is 4.79 Å². The fraction of sp³-hybridized carbons (Fsp3) is 0.864. The molecule has 0 aliphatic heterocycles. The summed E-state index contributed by atoms with van der Waals surface area (Å²) in [5.41, 5.74) is 0. The van der Waals surface area contributed by atoms with Crippen molar-refractivity contribution < 1.29 is 19.4 Å². The Bertz CT molecular complexity index is 328. The fourth-order valence-electron chi connectivity index (χ4n) is 2.84. The van der Waals surface area contributed by atoms with E-state index >= 15 is 0 Å². The Labute approximate surface area is 161 Å². The van der Waals surface area contributed by atoms with E-state index < -0.39 is 6.29 Å². The molecule has 0 saturated heterocycles. The Morgan fingerprint density at radius 3 is 2.00 bits per heavy atom. The van der Waals surface area contributed by atoms with Gasteiger partial charge in [-0.25, -0.2) is 0 Å². The van der Waals surface area contributed by atoms with E-state index in [2.05, 4.69) is 19.1 Å². The second-order valence-corrected chi connectivity index (χ2v) is 6.99. The number of hydrogen-bond donors (Lipinski definition) is 1. The smallest absolute Gasteiger partial charge is 0.308 e. The molecule has 0 aromatic carbocycles. The van der Waals surface area contributed by atoms with Crippen molar-refractivity contribution in [1.29, 1.82) is 0 Å². The third-order valence-electron chi connectivity index (χ3n) is 4.38. The molecule has 0 radical (unpaired) electrons. The standard InChI is InChI=1S/C22H42O4/c1-3-4-5-6-7-8-9-10-11-12-13-14-15-16-17-18-22(24)26-21(2)25-20-19-23/h10-11,21,23H,3-9,12-20H2,1-2H3. The second-order valence-electron chi connectivity index (χ2n) is 6.99. The maximum Gasteiger partial charge on any atom is 0.308 e. The summed E-state index contributed by atoms with van der Waals surface area (Å²) in [4.78, 5) is 11.6. The number of rotatable bonds is 19. The van der Waals surface area contributed by atoms with E-state index in [9.17, 15) is 4.79 Å². The van der Waals surface area contributed by atoms with E-state index in [1.54, 1.807) is 6.92 Å². The van der Waals surface area contributed by atoms with Gasteiger partial charge < -0.3 is 14.6 Å². The summed E-state index contributed by atoms with van der Waals surface area (Å²) in [6.45, 7) is 4.07. The molecule has 0 rings (SSSR count). The van der Waals surface area contributed by atoms with E-state index in [0.29, 0.717) is 6.42 Å². The van der Waals surface area contributed by atoms with Crippen molar-refractivity contribution in [1.82, 2.24) is 0 Å². The lowest BCUT2D eigenvalue weighted by atomic mass is 10.1. The first-order chi connectivity index (χ1) is 12.7. The highest BCUT2D eigenvalue weighted by molar-refractivity contribution is 5.69. The molecule has 0 fully saturated rings. The van der Waals surface area contributed by atoms with Crippen molar-refractivity contribution in [3.05, 3.63) is 12.2 Å². The average molecular weight is 371 g/mol. The Morgan fingerprint density at radius 1 is 0.885 bits per heavy atom. The van der Waals surface area contributed by atoms with E-state index in [4.69, 9.17) is 14.6 Å². The highest BCUT2D eigenvalue weighted by atomic mass is 16.7. The van der Waals surface area contributed by atoms with Crippen molar-refractivity contribution >= 4 is 5.97 Å². The third kappa shape index (κ3) is 19.5. The van der Waals surface area contributed by atoms with Crippen molar-refractivity contribution in [2.75, 3.05) is 13.2 Å². The summed E-state index contributed by atoms with van der Waals surface area (Å²) >= 11 is 0. The Balaban J connectivity index is 3.28. The van der Waals surface area contributed by atoms with E-state index in [1.807, 2.05) is 0 Å². The van der Waals surface area contributed by atoms with E-state index in [-0.39, 0.29) is 19.2 Å². The van der Waals surface area contributed by atoms with Gasteiger partial charge in [-0.2, -0.15) is 0 Å². The molecule has 1 unspecified atom stereocenters. The molecular weight excluding hydrogens is 328 g/mol. The van der Waals surface area contributed by atoms with Crippen LogP contribution in [0.2, 0.25) is 0 Å². The minimum absolute atomic E-state index is 0.0594. The number of carbonyl (C=O) groups excluding carboxylic acids is 1.